The van der Waals surface area contributed by atoms with Crippen LogP contribution in [0.25, 0.3) is 0 Å². The number of aromatic carboxylic acids is 1. The summed E-state index contributed by atoms with van der Waals surface area (Å²) in [6, 6.07) is 14.9. The molecule has 0 radical (unpaired) electrons. The number of amides is 1. The van der Waals surface area contributed by atoms with Gasteiger partial charge in [-0.05, 0) is 66.7 Å². The molecule has 7 nitrogen and oxygen atoms in total. The number of fused-ring (bicyclic) bond motifs is 7. The number of carbonyl (C=O) groups is 2. The van der Waals surface area contributed by atoms with Gasteiger partial charge in [0.25, 0.3) is 5.91 Å². The highest BCUT2D eigenvalue weighted by Crippen LogP contribution is 2.62. The number of carboxylic acid groups (broad SMARTS) is 1. The molecule has 2 N–H and O–H groups in total. The molecule has 8 rings (SSSR count). The molecule has 1 amide bonds. The smallest absolute Gasteiger partial charge is 0.335 e. The molecule has 1 unspecified atom stereocenters. The minimum atomic E-state index is -1.20. The topological polar surface area (TPSA) is 85.0 Å². The van der Waals surface area contributed by atoms with Crippen LogP contribution in [0.2, 0.25) is 10.0 Å². The number of anilines is 1. The van der Waals surface area contributed by atoms with E-state index < -0.39 is 23.2 Å². The number of nitrogens with one attached hydrogen (secondary N) is 1. The molecule has 4 aliphatic heterocycles. The molecule has 5 atom stereocenters. The normalized spacial score (nSPS) is 29.5. The summed E-state index contributed by atoms with van der Waals surface area (Å²) in [7, 11) is 0. The Hall–Kier alpha value is -3.33. The number of carbonyl (C=O) groups excluding carboxylic acids is 1. The van der Waals surface area contributed by atoms with E-state index >= 15 is 4.39 Å². The molecule has 0 aromatic heterocycles. The standard InChI is InChI=1S/C31H25Cl2FN4O3/c32-17-7-9-20-23(13-17)35-30(41)31(20)26(19-2-1-3-21(33)27(19)34)28-25(37(31)14-15-4-5-15)11-10-24-18-8-6-16(29(39)40)12-22(18)36-38(24)28/h1-3,6-9,12-13,15,24-26,28H,4-5,10-11,14H2,(H-,35,39,40,41)/p+1/t24?,25-,26-,28+,31+/m0/s1. The highest BCUT2D eigenvalue weighted by Gasteiger charge is 2.73. The molecular formula is C31H26Cl2FN4O3+. The summed E-state index contributed by atoms with van der Waals surface area (Å²) < 4.78 is 18.2. The number of piperidine rings is 1. The molecule has 3 aromatic rings. The van der Waals surface area contributed by atoms with Crippen molar-refractivity contribution in [3.05, 3.63) is 92.7 Å². The Labute approximate surface area is 245 Å². The van der Waals surface area contributed by atoms with Crippen LogP contribution < -0.4 is 5.32 Å². The van der Waals surface area contributed by atoms with Crippen LogP contribution >= 0.6 is 23.2 Å². The molecule has 4 heterocycles. The summed E-state index contributed by atoms with van der Waals surface area (Å²) in [5.74, 6) is -1.93. The second kappa shape index (κ2) is 8.84. The number of benzene rings is 3. The van der Waals surface area contributed by atoms with E-state index in [1.165, 1.54) is 6.07 Å². The third-order valence-electron chi connectivity index (χ3n) is 9.71. The highest BCUT2D eigenvalue weighted by molar-refractivity contribution is 6.31. The summed E-state index contributed by atoms with van der Waals surface area (Å²) in [5.41, 5.74) is 2.33. The molecule has 10 heteroatoms. The zero-order chi connectivity index (χ0) is 28.2. The first-order chi connectivity index (χ1) is 19.8. The van der Waals surface area contributed by atoms with Gasteiger partial charge in [0, 0.05) is 34.8 Å². The van der Waals surface area contributed by atoms with Crippen LogP contribution in [0, 0.1) is 11.7 Å². The predicted molar refractivity (Wildman–Crippen MR) is 151 cm³/mol. The second-order valence-electron chi connectivity index (χ2n) is 11.8. The Kier molecular flexibility index (Phi) is 5.47. The van der Waals surface area contributed by atoms with Crippen molar-refractivity contribution >= 4 is 46.5 Å². The van der Waals surface area contributed by atoms with E-state index in [9.17, 15) is 14.7 Å². The van der Waals surface area contributed by atoms with Gasteiger partial charge in [0.2, 0.25) is 12.1 Å². The van der Waals surface area contributed by atoms with E-state index in [0.29, 0.717) is 34.4 Å². The lowest BCUT2D eigenvalue weighted by Crippen LogP contribution is -2.53. The number of azo groups is 2. The van der Waals surface area contributed by atoms with Gasteiger partial charge in [-0.1, -0.05) is 41.4 Å². The zero-order valence-corrected chi connectivity index (χ0v) is 23.4. The minimum absolute atomic E-state index is 0.00434. The van der Waals surface area contributed by atoms with Gasteiger partial charge in [0.15, 0.2) is 0 Å². The van der Waals surface area contributed by atoms with Crippen molar-refractivity contribution in [2.75, 3.05) is 11.9 Å². The quantitative estimate of drug-likeness (QED) is 0.324. The molecule has 3 fully saturated rings. The number of hydrogen-bond donors (Lipinski definition) is 2. The first-order valence-electron chi connectivity index (χ1n) is 14.0. The van der Waals surface area contributed by atoms with Crippen molar-refractivity contribution < 1.29 is 23.8 Å². The van der Waals surface area contributed by atoms with Crippen molar-refractivity contribution in [2.24, 2.45) is 11.0 Å². The number of rotatable bonds is 4. The van der Waals surface area contributed by atoms with E-state index in [4.69, 9.17) is 28.3 Å². The lowest BCUT2D eigenvalue weighted by molar-refractivity contribution is -0.670. The van der Waals surface area contributed by atoms with Crippen LogP contribution in [0.3, 0.4) is 0 Å². The molecule has 2 saturated heterocycles. The van der Waals surface area contributed by atoms with Gasteiger partial charge >= 0.3 is 5.97 Å². The summed E-state index contributed by atoms with van der Waals surface area (Å²) in [6.07, 6.45) is 3.75. The van der Waals surface area contributed by atoms with Crippen molar-refractivity contribution in [3.63, 3.8) is 0 Å². The first-order valence-corrected chi connectivity index (χ1v) is 14.7. The van der Waals surface area contributed by atoms with Crippen molar-refractivity contribution in [1.29, 1.82) is 0 Å². The van der Waals surface area contributed by atoms with Gasteiger partial charge in [0.05, 0.1) is 28.1 Å². The lowest BCUT2D eigenvalue weighted by atomic mass is 9.72. The van der Waals surface area contributed by atoms with Gasteiger partial charge < -0.3 is 10.4 Å². The molecule has 208 valence electrons. The fourth-order valence-corrected chi connectivity index (χ4v) is 8.29. The summed E-state index contributed by atoms with van der Waals surface area (Å²) in [4.78, 5) is 28.5. The van der Waals surface area contributed by atoms with Crippen LogP contribution in [0.15, 0.2) is 59.7 Å². The van der Waals surface area contributed by atoms with Gasteiger partial charge in [-0.3, -0.25) is 9.69 Å². The summed E-state index contributed by atoms with van der Waals surface area (Å²) in [6.45, 7) is 0.712. The summed E-state index contributed by atoms with van der Waals surface area (Å²) in [5, 5.41) is 18.2. The first kappa shape index (κ1) is 25.4. The largest absolute Gasteiger partial charge is 0.478 e. The van der Waals surface area contributed by atoms with Gasteiger partial charge in [0.1, 0.15) is 17.0 Å². The second-order valence-corrected chi connectivity index (χ2v) is 12.7. The fraction of sp³-hybridized carbons (Fsp3) is 0.355. The van der Waals surface area contributed by atoms with Crippen LogP contribution in [0.4, 0.5) is 15.8 Å². The number of hydrogen-bond acceptors (Lipinski definition) is 4. The molecular weight excluding hydrogens is 566 g/mol. The van der Waals surface area contributed by atoms with Crippen molar-refractivity contribution in [1.82, 2.24) is 4.90 Å². The Morgan fingerprint density at radius 2 is 1.93 bits per heavy atom. The fourth-order valence-electron chi connectivity index (χ4n) is 7.94. The number of nitrogens with zero attached hydrogens (tertiary/aromatic N) is 3. The van der Waals surface area contributed by atoms with Crippen LogP contribution in [0.1, 0.15) is 64.7 Å². The van der Waals surface area contributed by atoms with Crippen LogP contribution in [-0.2, 0) is 10.3 Å². The molecule has 5 aliphatic rings. The van der Waals surface area contributed by atoms with E-state index in [-0.39, 0.29) is 34.6 Å². The molecule has 1 saturated carbocycles. The lowest BCUT2D eigenvalue weighted by Gasteiger charge is -2.39. The molecule has 1 aliphatic carbocycles. The maximum Gasteiger partial charge on any atom is 0.335 e. The third kappa shape index (κ3) is 3.47. The monoisotopic (exact) mass is 591 g/mol. The number of likely N-dealkylation sites (tertiary alicyclic amines) is 1. The number of carboxylic acids is 1. The zero-order valence-electron chi connectivity index (χ0n) is 21.9. The Morgan fingerprint density at radius 1 is 1.10 bits per heavy atom. The minimum Gasteiger partial charge on any atom is -0.478 e. The molecule has 0 bridgehead atoms. The van der Waals surface area contributed by atoms with Gasteiger partial charge in [-0.25, -0.2) is 9.18 Å². The number of halogens is 3. The Balaban J connectivity index is 1.39. The van der Waals surface area contributed by atoms with Crippen LogP contribution in [0.5, 0.6) is 0 Å². The predicted octanol–water partition coefficient (Wildman–Crippen LogP) is 6.87. The summed E-state index contributed by atoms with van der Waals surface area (Å²) >= 11 is 12.8. The van der Waals surface area contributed by atoms with Crippen LogP contribution in [-0.4, -0.2) is 45.2 Å². The maximum atomic E-state index is 16.1. The average molecular weight is 592 g/mol. The van der Waals surface area contributed by atoms with E-state index in [1.807, 2.05) is 16.8 Å². The Bertz CT molecular complexity index is 1710. The van der Waals surface area contributed by atoms with Crippen molar-refractivity contribution in [2.45, 2.75) is 55.3 Å². The molecule has 1 spiro atoms. The molecule has 3 aromatic carbocycles. The van der Waals surface area contributed by atoms with Gasteiger partial charge in [-0.15, -0.1) is 4.70 Å². The van der Waals surface area contributed by atoms with E-state index in [2.05, 4.69) is 10.2 Å². The van der Waals surface area contributed by atoms with E-state index in [1.54, 1.807) is 36.4 Å². The highest BCUT2D eigenvalue weighted by atomic mass is 35.5. The van der Waals surface area contributed by atoms with Gasteiger partial charge in [-0.2, -0.15) is 0 Å². The van der Waals surface area contributed by atoms with Crippen molar-refractivity contribution in [3.8, 4) is 0 Å². The Morgan fingerprint density at radius 3 is 2.71 bits per heavy atom. The third-order valence-corrected chi connectivity index (χ3v) is 10.2. The SMILES string of the molecule is O=C(O)c1ccc2c(c1)N=[N+]1C2CC[C@H]2[C@@H]1[C@H](c1cccc(Cl)c1F)[C@]1(C(=O)Nc3cc(Cl)ccc31)N2CC1CC1. The average Bonchev–Trinajstić information content (AvgIpc) is 3.53. The van der Waals surface area contributed by atoms with E-state index in [0.717, 1.165) is 36.8 Å². The molecule has 41 heavy (non-hydrogen) atoms. The maximum absolute atomic E-state index is 16.1.